The maximum atomic E-state index is 11.5. The van der Waals surface area contributed by atoms with Crippen LogP contribution < -0.4 is 10.6 Å². The Bertz CT molecular complexity index is 646. The third-order valence-electron chi connectivity index (χ3n) is 3.24. The highest BCUT2D eigenvalue weighted by Crippen LogP contribution is 2.33. The van der Waals surface area contributed by atoms with Crippen molar-refractivity contribution >= 4 is 17.5 Å². The van der Waals surface area contributed by atoms with Crippen LogP contribution in [-0.4, -0.2) is 16.7 Å². The molecule has 21 heavy (non-hydrogen) atoms. The van der Waals surface area contributed by atoms with Gasteiger partial charge in [-0.05, 0) is 44.0 Å². The molecule has 0 aliphatic heterocycles. The predicted molar refractivity (Wildman–Crippen MR) is 86.5 cm³/mol. The zero-order valence-electron chi connectivity index (χ0n) is 12.5. The molecular formula is C17H20N2O2. The summed E-state index contributed by atoms with van der Waals surface area (Å²) in [6.07, 6.45) is -1.01. The van der Waals surface area contributed by atoms with E-state index >= 15 is 0 Å². The number of nitrogens with two attached hydrogens (primary N) is 1. The van der Waals surface area contributed by atoms with Crippen LogP contribution >= 0.6 is 0 Å². The van der Waals surface area contributed by atoms with E-state index in [1.54, 1.807) is 6.07 Å². The van der Waals surface area contributed by atoms with Gasteiger partial charge in [0.2, 0.25) is 0 Å². The molecule has 0 heterocycles. The van der Waals surface area contributed by atoms with Crippen LogP contribution in [0.3, 0.4) is 0 Å². The molecule has 0 fully saturated rings. The molecule has 0 atom stereocenters. The summed E-state index contributed by atoms with van der Waals surface area (Å²) in [5.74, 6) is 0. The molecule has 0 bridgehead atoms. The number of nitrogen functional groups attached to an aromatic ring is 1. The summed E-state index contributed by atoms with van der Waals surface area (Å²) in [7, 11) is 0. The average molecular weight is 284 g/mol. The van der Waals surface area contributed by atoms with Gasteiger partial charge in [0.15, 0.2) is 0 Å². The van der Waals surface area contributed by atoms with E-state index in [0.29, 0.717) is 11.4 Å². The fourth-order valence-corrected chi connectivity index (χ4v) is 2.32. The molecule has 0 unspecified atom stereocenters. The zero-order valence-corrected chi connectivity index (χ0v) is 12.5. The lowest BCUT2D eigenvalue weighted by Crippen LogP contribution is -2.45. The molecule has 0 radical (unpaired) electrons. The first-order valence-electron chi connectivity index (χ1n) is 6.79. The summed E-state index contributed by atoms with van der Waals surface area (Å²) in [5.41, 5.74) is 8.51. The number of carbonyl (C=O) groups is 1. The first-order valence-corrected chi connectivity index (χ1v) is 6.79. The highest BCUT2D eigenvalue weighted by atomic mass is 16.4. The third kappa shape index (κ3) is 3.16. The molecule has 0 spiro atoms. The van der Waals surface area contributed by atoms with Crippen molar-refractivity contribution in [2.75, 3.05) is 10.6 Å². The molecule has 0 aliphatic rings. The highest BCUT2D eigenvalue weighted by molar-refractivity contribution is 5.92. The average Bonchev–Trinajstić information content (AvgIpc) is 2.40. The maximum absolute atomic E-state index is 11.5. The SMILES string of the molecule is CC(C)(C)N(C(=O)O)c1ccc(-c2ccccc2)cc1N. The summed E-state index contributed by atoms with van der Waals surface area (Å²) in [6, 6.07) is 15.3. The van der Waals surface area contributed by atoms with Crippen LogP contribution in [0, 0.1) is 0 Å². The molecule has 0 saturated heterocycles. The van der Waals surface area contributed by atoms with Gasteiger partial charge in [-0.1, -0.05) is 36.4 Å². The lowest BCUT2D eigenvalue weighted by molar-refractivity contribution is 0.195. The van der Waals surface area contributed by atoms with Gasteiger partial charge < -0.3 is 10.8 Å². The summed E-state index contributed by atoms with van der Waals surface area (Å²) >= 11 is 0. The largest absolute Gasteiger partial charge is 0.465 e. The van der Waals surface area contributed by atoms with E-state index in [2.05, 4.69) is 0 Å². The second kappa shape index (κ2) is 5.48. The Hall–Kier alpha value is -2.49. The predicted octanol–water partition coefficient (Wildman–Crippen LogP) is 4.22. The third-order valence-corrected chi connectivity index (χ3v) is 3.24. The Morgan fingerprint density at radius 3 is 2.14 bits per heavy atom. The van der Waals surface area contributed by atoms with Gasteiger partial charge >= 0.3 is 6.09 Å². The van der Waals surface area contributed by atoms with Crippen molar-refractivity contribution in [2.45, 2.75) is 26.3 Å². The molecule has 3 N–H and O–H groups in total. The van der Waals surface area contributed by atoms with Crippen LogP contribution in [0.2, 0.25) is 0 Å². The Morgan fingerprint density at radius 2 is 1.67 bits per heavy atom. The molecule has 0 aromatic heterocycles. The van der Waals surface area contributed by atoms with Gasteiger partial charge in [0.25, 0.3) is 0 Å². The van der Waals surface area contributed by atoms with Crippen LogP contribution in [0.5, 0.6) is 0 Å². The summed E-state index contributed by atoms with van der Waals surface area (Å²) in [6.45, 7) is 5.52. The molecule has 0 aliphatic carbocycles. The number of benzene rings is 2. The molecule has 2 rings (SSSR count). The van der Waals surface area contributed by atoms with Crippen molar-refractivity contribution in [3.63, 3.8) is 0 Å². The molecule has 0 saturated carbocycles. The van der Waals surface area contributed by atoms with Crippen LogP contribution in [0.4, 0.5) is 16.2 Å². The van der Waals surface area contributed by atoms with E-state index in [0.717, 1.165) is 11.1 Å². The van der Waals surface area contributed by atoms with E-state index in [1.165, 1.54) is 4.90 Å². The van der Waals surface area contributed by atoms with Gasteiger partial charge in [-0.15, -0.1) is 0 Å². The smallest absolute Gasteiger partial charge is 0.412 e. The first kappa shape index (κ1) is 14.9. The Morgan fingerprint density at radius 1 is 1.05 bits per heavy atom. The number of amides is 1. The molecule has 2 aromatic carbocycles. The lowest BCUT2D eigenvalue weighted by atomic mass is 10.0. The summed E-state index contributed by atoms with van der Waals surface area (Å²) in [5, 5.41) is 9.44. The Labute approximate surface area is 124 Å². The van der Waals surface area contributed by atoms with E-state index < -0.39 is 11.6 Å². The second-order valence-electron chi connectivity index (χ2n) is 5.93. The molecule has 110 valence electrons. The van der Waals surface area contributed by atoms with Crippen molar-refractivity contribution in [1.82, 2.24) is 0 Å². The number of carboxylic acid groups (broad SMARTS) is 1. The Balaban J connectivity index is 2.46. The number of hydrogen-bond acceptors (Lipinski definition) is 2. The number of nitrogens with zero attached hydrogens (tertiary/aromatic N) is 1. The topological polar surface area (TPSA) is 66.6 Å². The van der Waals surface area contributed by atoms with E-state index in [9.17, 15) is 9.90 Å². The second-order valence-corrected chi connectivity index (χ2v) is 5.93. The molecule has 4 heteroatoms. The fraction of sp³-hybridized carbons (Fsp3) is 0.235. The van der Waals surface area contributed by atoms with Gasteiger partial charge in [-0.3, -0.25) is 4.90 Å². The maximum Gasteiger partial charge on any atom is 0.412 e. The fourth-order valence-electron chi connectivity index (χ4n) is 2.32. The lowest BCUT2D eigenvalue weighted by Gasteiger charge is -2.34. The van der Waals surface area contributed by atoms with Crippen molar-refractivity contribution in [3.05, 3.63) is 48.5 Å². The van der Waals surface area contributed by atoms with Gasteiger partial charge in [0.05, 0.1) is 11.4 Å². The van der Waals surface area contributed by atoms with Crippen molar-refractivity contribution in [1.29, 1.82) is 0 Å². The normalized spacial score (nSPS) is 11.2. The molecule has 2 aromatic rings. The van der Waals surface area contributed by atoms with Gasteiger partial charge in [0.1, 0.15) is 0 Å². The molecule has 1 amide bonds. The van der Waals surface area contributed by atoms with Crippen LogP contribution in [0.1, 0.15) is 20.8 Å². The van der Waals surface area contributed by atoms with Crippen LogP contribution in [0.25, 0.3) is 11.1 Å². The monoisotopic (exact) mass is 284 g/mol. The summed E-state index contributed by atoms with van der Waals surface area (Å²) < 4.78 is 0. The quantitative estimate of drug-likeness (QED) is 0.811. The van der Waals surface area contributed by atoms with Crippen LogP contribution in [-0.2, 0) is 0 Å². The van der Waals surface area contributed by atoms with E-state index in [-0.39, 0.29) is 0 Å². The van der Waals surface area contributed by atoms with E-state index in [1.807, 2.05) is 63.2 Å². The Kier molecular flexibility index (Phi) is 3.89. The van der Waals surface area contributed by atoms with Crippen LogP contribution in [0.15, 0.2) is 48.5 Å². The number of anilines is 2. The highest BCUT2D eigenvalue weighted by Gasteiger charge is 2.29. The number of rotatable bonds is 2. The zero-order chi connectivity index (χ0) is 15.6. The molecular weight excluding hydrogens is 264 g/mol. The standard InChI is InChI=1S/C17H20N2O2/c1-17(2,3)19(16(20)21)15-10-9-13(11-14(15)18)12-7-5-4-6-8-12/h4-11H,18H2,1-3H3,(H,20,21). The van der Waals surface area contributed by atoms with Gasteiger partial charge in [-0.25, -0.2) is 4.79 Å². The van der Waals surface area contributed by atoms with Crippen molar-refractivity contribution in [3.8, 4) is 11.1 Å². The minimum atomic E-state index is -1.01. The van der Waals surface area contributed by atoms with Crippen molar-refractivity contribution < 1.29 is 9.90 Å². The van der Waals surface area contributed by atoms with Crippen molar-refractivity contribution in [2.24, 2.45) is 0 Å². The van der Waals surface area contributed by atoms with E-state index in [4.69, 9.17) is 5.73 Å². The molecule has 4 nitrogen and oxygen atoms in total. The van der Waals surface area contributed by atoms with Gasteiger partial charge in [0, 0.05) is 5.54 Å². The minimum absolute atomic E-state index is 0.452. The number of hydrogen-bond donors (Lipinski definition) is 2. The minimum Gasteiger partial charge on any atom is -0.465 e. The summed E-state index contributed by atoms with van der Waals surface area (Å²) in [4.78, 5) is 12.8. The van der Waals surface area contributed by atoms with Gasteiger partial charge in [-0.2, -0.15) is 0 Å². The first-order chi connectivity index (χ1) is 9.80.